The van der Waals surface area contributed by atoms with Gasteiger partial charge in [-0.25, -0.2) is 4.39 Å². The number of benzene rings is 2. The molecule has 0 aliphatic heterocycles. The number of ether oxygens (including phenoxy) is 2. The number of unbranched alkanes of at least 4 members (excludes halogenated alkanes) is 2. The molecule has 1 saturated carbocycles. The molecule has 0 N–H and O–H groups in total. The summed E-state index contributed by atoms with van der Waals surface area (Å²) < 4.78 is 77.0. The van der Waals surface area contributed by atoms with Gasteiger partial charge in [-0.05, 0) is 67.7 Å². The Bertz CT molecular complexity index is 892. The maximum Gasteiger partial charge on any atom is 0.387 e. The fourth-order valence-corrected chi connectivity index (χ4v) is 4.74. The van der Waals surface area contributed by atoms with E-state index in [1.54, 1.807) is 12.1 Å². The van der Waals surface area contributed by atoms with Crippen LogP contribution in [0.1, 0.15) is 93.9 Å². The lowest BCUT2D eigenvalue weighted by Gasteiger charge is -2.29. The Morgan fingerprint density at radius 1 is 0.971 bits per heavy atom. The Morgan fingerprint density at radius 2 is 1.65 bits per heavy atom. The fourth-order valence-electron chi connectivity index (χ4n) is 4.74. The maximum atomic E-state index is 14.8. The van der Waals surface area contributed by atoms with Gasteiger partial charge < -0.3 is 9.47 Å². The summed E-state index contributed by atoms with van der Waals surface area (Å²) in [6.45, 7) is 0.382. The smallest absolute Gasteiger partial charge is 0.387 e. The fraction of sp³-hybridized carbons (Fsp3) is 0.556. The quantitative estimate of drug-likeness (QED) is 0.234. The van der Waals surface area contributed by atoms with Crippen LogP contribution >= 0.6 is 0 Å². The first-order valence-electron chi connectivity index (χ1n) is 12.1. The van der Waals surface area contributed by atoms with Crippen LogP contribution in [0.2, 0.25) is 0 Å². The molecule has 1 unspecified atom stereocenters. The molecular formula is C27H33F5O2. The highest BCUT2D eigenvalue weighted by Gasteiger charge is 2.36. The minimum Gasteiger partial charge on any atom is -0.432 e. The number of halogens is 5. The molecule has 0 saturated heterocycles. The number of hydrogen-bond acceptors (Lipinski definition) is 2. The normalized spacial score (nSPS) is 19.9. The average molecular weight is 485 g/mol. The summed E-state index contributed by atoms with van der Waals surface area (Å²) in [5.41, 5.74) is 0.872. The van der Waals surface area contributed by atoms with Crippen LogP contribution in [0.15, 0.2) is 42.5 Å². The third-order valence-electron chi connectivity index (χ3n) is 6.75. The van der Waals surface area contributed by atoms with E-state index in [1.807, 2.05) is 0 Å². The topological polar surface area (TPSA) is 18.5 Å². The Labute approximate surface area is 198 Å². The summed E-state index contributed by atoms with van der Waals surface area (Å²) in [4.78, 5) is 0. The molecule has 3 rings (SSSR count). The lowest BCUT2D eigenvalue weighted by atomic mass is 9.77. The van der Waals surface area contributed by atoms with Crippen molar-refractivity contribution in [3.63, 3.8) is 0 Å². The van der Waals surface area contributed by atoms with Crippen molar-refractivity contribution in [1.29, 1.82) is 0 Å². The lowest BCUT2D eigenvalue weighted by molar-refractivity contribution is -0.272. The van der Waals surface area contributed by atoms with Gasteiger partial charge in [-0.1, -0.05) is 62.9 Å². The van der Waals surface area contributed by atoms with E-state index in [1.165, 1.54) is 63.6 Å². The van der Waals surface area contributed by atoms with Crippen molar-refractivity contribution in [2.75, 3.05) is 0 Å². The minimum atomic E-state index is -3.59. The average Bonchev–Trinajstić information content (AvgIpc) is 2.80. The zero-order chi connectivity index (χ0) is 24.7. The van der Waals surface area contributed by atoms with Crippen LogP contribution < -0.4 is 4.74 Å². The van der Waals surface area contributed by atoms with Gasteiger partial charge in [0.15, 0.2) is 11.6 Å². The van der Waals surface area contributed by atoms with Crippen LogP contribution in [0.3, 0.4) is 0 Å². The highest BCUT2D eigenvalue weighted by atomic mass is 19.3. The summed E-state index contributed by atoms with van der Waals surface area (Å²) in [6, 6.07) is 9.32. The van der Waals surface area contributed by atoms with Gasteiger partial charge in [0.05, 0.1) is 11.7 Å². The molecule has 1 aliphatic rings. The molecule has 0 heterocycles. The number of alkyl halides is 4. The van der Waals surface area contributed by atoms with E-state index >= 15 is 0 Å². The molecule has 34 heavy (non-hydrogen) atoms. The van der Waals surface area contributed by atoms with Crippen molar-refractivity contribution in [3.05, 3.63) is 65.0 Å². The van der Waals surface area contributed by atoms with Gasteiger partial charge in [-0.3, -0.25) is 0 Å². The molecule has 7 heteroatoms. The van der Waals surface area contributed by atoms with Crippen molar-refractivity contribution in [3.8, 4) is 5.75 Å². The SMILES string of the molecule is CCCCCC1CCC(c2ccc(C(F)(F)OC(C)c3ccc(OC(F)F)c(F)c3)cc2)CC1. The zero-order valence-corrected chi connectivity index (χ0v) is 19.7. The van der Waals surface area contributed by atoms with Gasteiger partial charge in [-0.15, -0.1) is 0 Å². The molecule has 0 aromatic heterocycles. The summed E-state index contributed by atoms with van der Waals surface area (Å²) >= 11 is 0. The van der Waals surface area contributed by atoms with Crippen LogP contribution in [0, 0.1) is 11.7 Å². The molecule has 2 nitrogen and oxygen atoms in total. The molecule has 1 atom stereocenters. The van der Waals surface area contributed by atoms with E-state index in [-0.39, 0.29) is 11.1 Å². The zero-order valence-electron chi connectivity index (χ0n) is 19.7. The van der Waals surface area contributed by atoms with E-state index in [2.05, 4.69) is 11.7 Å². The Kier molecular flexibility index (Phi) is 9.34. The van der Waals surface area contributed by atoms with E-state index < -0.39 is 30.4 Å². The van der Waals surface area contributed by atoms with E-state index in [9.17, 15) is 22.0 Å². The standard InChI is InChI=1S/C27H33F5O2/c1-3-4-5-6-19-7-9-20(10-8-19)21-11-14-23(15-12-21)27(31,32)34-18(2)22-13-16-25(24(28)17-22)33-26(29)30/h11-20,26H,3-10H2,1-2H3. The van der Waals surface area contributed by atoms with E-state index in [0.717, 1.165) is 36.5 Å². The first-order valence-corrected chi connectivity index (χ1v) is 12.1. The van der Waals surface area contributed by atoms with Gasteiger partial charge in [0.25, 0.3) is 0 Å². The Hall–Kier alpha value is -2.15. The van der Waals surface area contributed by atoms with Gasteiger partial charge in [0.2, 0.25) is 0 Å². The molecule has 0 bridgehead atoms. The van der Waals surface area contributed by atoms with Gasteiger partial charge in [0, 0.05) is 0 Å². The second-order valence-corrected chi connectivity index (χ2v) is 9.18. The third-order valence-corrected chi connectivity index (χ3v) is 6.75. The number of rotatable bonds is 11. The van der Waals surface area contributed by atoms with Crippen LogP contribution in [-0.2, 0) is 10.8 Å². The third kappa shape index (κ3) is 7.17. The molecule has 188 valence electrons. The first-order chi connectivity index (χ1) is 16.2. The monoisotopic (exact) mass is 484 g/mol. The summed E-state index contributed by atoms with van der Waals surface area (Å²) in [5.74, 6) is -0.548. The van der Waals surface area contributed by atoms with Crippen LogP contribution in [-0.4, -0.2) is 6.61 Å². The summed E-state index contributed by atoms with van der Waals surface area (Å²) in [5, 5.41) is 0. The second-order valence-electron chi connectivity index (χ2n) is 9.18. The van der Waals surface area contributed by atoms with Crippen molar-refractivity contribution in [2.45, 2.75) is 90.0 Å². The van der Waals surface area contributed by atoms with Crippen molar-refractivity contribution >= 4 is 0 Å². The van der Waals surface area contributed by atoms with Gasteiger partial charge >= 0.3 is 12.7 Å². The second kappa shape index (κ2) is 12.0. The van der Waals surface area contributed by atoms with Gasteiger partial charge in [0.1, 0.15) is 0 Å². The van der Waals surface area contributed by atoms with Crippen molar-refractivity contribution in [2.24, 2.45) is 5.92 Å². The molecule has 0 amide bonds. The summed E-state index contributed by atoms with van der Waals surface area (Å²) in [6.07, 6.45) is 4.85. The highest BCUT2D eigenvalue weighted by molar-refractivity contribution is 5.31. The first kappa shape index (κ1) is 26.5. The highest BCUT2D eigenvalue weighted by Crippen LogP contribution is 2.40. The van der Waals surface area contributed by atoms with Crippen molar-refractivity contribution in [1.82, 2.24) is 0 Å². The molecule has 2 aromatic carbocycles. The van der Waals surface area contributed by atoms with E-state index in [4.69, 9.17) is 4.74 Å². The molecule has 2 aromatic rings. The molecule has 0 radical (unpaired) electrons. The van der Waals surface area contributed by atoms with Crippen LogP contribution in [0.5, 0.6) is 5.75 Å². The minimum absolute atomic E-state index is 0.0890. The van der Waals surface area contributed by atoms with Crippen LogP contribution in [0.4, 0.5) is 22.0 Å². The number of hydrogen-bond donors (Lipinski definition) is 0. The van der Waals surface area contributed by atoms with Crippen LogP contribution in [0.25, 0.3) is 0 Å². The predicted molar refractivity (Wildman–Crippen MR) is 122 cm³/mol. The predicted octanol–water partition coefficient (Wildman–Crippen LogP) is 9.11. The Morgan fingerprint density at radius 3 is 2.24 bits per heavy atom. The summed E-state index contributed by atoms with van der Waals surface area (Å²) in [7, 11) is 0. The lowest BCUT2D eigenvalue weighted by Crippen LogP contribution is -2.21. The molecule has 1 fully saturated rings. The largest absolute Gasteiger partial charge is 0.432 e. The molecular weight excluding hydrogens is 451 g/mol. The molecule has 1 aliphatic carbocycles. The van der Waals surface area contributed by atoms with Gasteiger partial charge in [-0.2, -0.15) is 17.6 Å². The van der Waals surface area contributed by atoms with Crippen molar-refractivity contribution < 1.29 is 31.4 Å². The Balaban J connectivity index is 1.58. The molecule has 0 spiro atoms. The maximum absolute atomic E-state index is 14.8. The van der Waals surface area contributed by atoms with E-state index in [0.29, 0.717) is 5.92 Å².